The summed E-state index contributed by atoms with van der Waals surface area (Å²) >= 11 is 2.93. The lowest BCUT2D eigenvalue weighted by atomic mass is 10.1. The van der Waals surface area contributed by atoms with Crippen molar-refractivity contribution < 1.29 is 23.1 Å². The molecule has 0 aliphatic carbocycles. The summed E-state index contributed by atoms with van der Waals surface area (Å²) in [7, 11) is 0. The number of nitrogens with zero attached hydrogens (tertiary/aromatic N) is 1. The largest absolute Gasteiger partial charge is 0.416 e. The summed E-state index contributed by atoms with van der Waals surface area (Å²) in [4.78, 5) is 11.7. The Kier molecular flexibility index (Phi) is 4.78. The fourth-order valence-corrected chi connectivity index (χ4v) is 1.49. The van der Waals surface area contributed by atoms with Gasteiger partial charge in [0.1, 0.15) is 11.7 Å². The first kappa shape index (κ1) is 16.5. The van der Waals surface area contributed by atoms with Crippen LogP contribution in [0.4, 0.5) is 18.9 Å². The molecule has 0 bridgehead atoms. The Labute approximate surface area is 121 Å². The van der Waals surface area contributed by atoms with Crippen molar-refractivity contribution in [1.82, 2.24) is 0 Å². The normalized spacial score (nSPS) is 14.2. The fraction of sp³-hybridized carbons (Fsp3) is 0.333. The zero-order chi connectivity index (χ0) is 15.6. The van der Waals surface area contributed by atoms with E-state index in [4.69, 9.17) is 5.26 Å². The predicted molar refractivity (Wildman–Crippen MR) is 69.2 cm³/mol. The van der Waals surface area contributed by atoms with Crippen LogP contribution in [0.15, 0.2) is 18.2 Å². The first-order valence-electron chi connectivity index (χ1n) is 5.33. The van der Waals surface area contributed by atoms with E-state index >= 15 is 0 Å². The number of nitrogens with one attached hydrogen (secondary N) is 1. The van der Waals surface area contributed by atoms with Gasteiger partial charge in [-0.05, 0) is 25.1 Å². The number of amides is 1. The number of alkyl halides is 4. The smallest absolute Gasteiger partial charge is 0.379 e. The summed E-state index contributed by atoms with van der Waals surface area (Å²) < 4.78 is 37.5. The number of halogens is 4. The van der Waals surface area contributed by atoms with Crippen molar-refractivity contribution in [3.8, 4) is 6.07 Å². The number of aliphatic hydroxyl groups is 1. The summed E-state index contributed by atoms with van der Waals surface area (Å²) in [5, 5.41) is 20.7. The molecule has 0 aliphatic heterocycles. The van der Waals surface area contributed by atoms with E-state index in [2.05, 4.69) is 21.2 Å². The second-order valence-electron chi connectivity index (χ2n) is 4.23. The molecule has 0 saturated heterocycles. The SMILES string of the molecule is C[C@](O)(CBr)C(=O)Nc1ccc(C(F)(F)F)cc1C#N. The Morgan fingerprint density at radius 2 is 2.10 bits per heavy atom. The third kappa shape index (κ3) is 3.71. The molecule has 0 unspecified atom stereocenters. The Bertz CT molecular complexity index is 565. The minimum absolute atomic E-state index is 0.0612. The number of hydrogen-bond donors (Lipinski definition) is 2. The van der Waals surface area contributed by atoms with Crippen LogP contribution in [-0.4, -0.2) is 21.9 Å². The molecule has 1 rings (SSSR count). The Balaban J connectivity index is 3.10. The van der Waals surface area contributed by atoms with Gasteiger partial charge in [0.05, 0.1) is 16.8 Å². The Morgan fingerprint density at radius 1 is 1.50 bits per heavy atom. The number of benzene rings is 1. The second kappa shape index (κ2) is 5.81. The Morgan fingerprint density at radius 3 is 2.55 bits per heavy atom. The lowest BCUT2D eigenvalue weighted by molar-refractivity contribution is -0.137. The maximum absolute atomic E-state index is 12.5. The maximum atomic E-state index is 12.5. The second-order valence-corrected chi connectivity index (χ2v) is 4.79. The minimum atomic E-state index is -4.57. The Hall–Kier alpha value is -1.59. The van der Waals surface area contributed by atoms with E-state index in [1.165, 1.54) is 6.92 Å². The van der Waals surface area contributed by atoms with Crippen LogP contribution >= 0.6 is 15.9 Å². The predicted octanol–water partition coefficient (Wildman–Crippen LogP) is 2.66. The molecule has 0 saturated carbocycles. The van der Waals surface area contributed by atoms with Gasteiger partial charge in [-0.1, -0.05) is 15.9 Å². The molecule has 0 fully saturated rings. The molecule has 108 valence electrons. The molecule has 1 amide bonds. The zero-order valence-corrected chi connectivity index (χ0v) is 11.8. The topological polar surface area (TPSA) is 73.1 Å². The van der Waals surface area contributed by atoms with Crippen LogP contribution < -0.4 is 5.32 Å². The van der Waals surface area contributed by atoms with Crippen molar-refractivity contribution in [3.05, 3.63) is 29.3 Å². The molecule has 1 atom stereocenters. The van der Waals surface area contributed by atoms with E-state index in [9.17, 15) is 23.1 Å². The summed E-state index contributed by atoms with van der Waals surface area (Å²) in [6.07, 6.45) is -4.57. The van der Waals surface area contributed by atoms with Gasteiger partial charge in [0.25, 0.3) is 5.91 Å². The van der Waals surface area contributed by atoms with Crippen LogP contribution in [-0.2, 0) is 11.0 Å². The first-order valence-corrected chi connectivity index (χ1v) is 6.45. The summed E-state index contributed by atoms with van der Waals surface area (Å²) in [6.45, 7) is 1.23. The molecule has 1 aromatic carbocycles. The van der Waals surface area contributed by atoms with Gasteiger partial charge in [-0.15, -0.1) is 0 Å². The van der Waals surface area contributed by atoms with Crippen molar-refractivity contribution in [2.24, 2.45) is 0 Å². The summed E-state index contributed by atoms with van der Waals surface area (Å²) in [5.41, 5.74) is -3.15. The van der Waals surface area contributed by atoms with Crippen LogP contribution in [0.2, 0.25) is 0 Å². The number of hydrogen-bond acceptors (Lipinski definition) is 3. The lowest BCUT2D eigenvalue weighted by Gasteiger charge is -2.20. The zero-order valence-electron chi connectivity index (χ0n) is 10.3. The van der Waals surface area contributed by atoms with E-state index in [1.54, 1.807) is 6.07 Å². The number of anilines is 1. The van der Waals surface area contributed by atoms with Crippen LogP contribution in [0.5, 0.6) is 0 Å². The van der Waals surface area contributed by atoms with E-state index in [1.807, 2.05) is 0 Å². The summed E-state index contributed by atoms with van der Waals surface area (Å²) in [6, 6.07) is 3.94. The highest BCUT2D eigenvalue weighted by atomic mass is 79.9. The van der Waals surface area contributed by atoms with E-state index in [0.29, 0.717) is 6.07 Å². The van der Waals surface area contributed by atoms with Crippen LogP contribution in [0.1, 0.15) is 18.1 Å². The van der Waals surface area contributed by atoms with Gasteiger partial charge in [-0.3, -0.25) is 4.79 Å². The van der Waals surface area contributed by atoms with Crippen molar-refractivity contribution in [1.29, 1.82) is 5.26 Å². The average Bonchev–Trinajstić information content (AvgIpc) is 2.37. The van der Waals surface area contributed by atoms with Crippen molar-refractivity contribution >= 4 is 27.5 Å². The molecule has 4 nitrogen and oxygen atoms in total. The van der Waals surface area contributed by atoms with Gasteiger partial charge in [0.15, 0.2) is 0 Å². The molecular formula is C12H10BrF3N2O2. The average molecular weight is 351 g/mol. The molecule has 1 aromatic rings. The number of carbonyl (C=O) groups excluding carboxylic acids is 1. The molecule has 20 heavy (non-hydrogen) atoms. The van der Waals surface area contributed by atoms with Gasteiger partial charge in [-0.2, -0.15) is 18.4 Å². The van der Waals surface area contributed by atoms with E-state index in [0.717, 1.165) is 12.1 Å². The van der Waals surface area contributed by atoms with Crippen molar-refractivity contribution in [2.45, 2.75) is 18.7 Å². The maximum Gasteiger partial charge on any atom is 0.416 e. The van der Waals surface area contributed by atoms with E-state index < -0.39 is 23.2 Å². The molecule has 8 heteroatoms. The quantitative estimate of drug-likeness (QED) is 0.823. The molecule has 0 aromatic heterocycles. The van der Waals surface area contributed by atoms with Crippen molar-refractivity contribution in [3.63, 3.8) is 0 Å². The third-order valence-corrected chi connectivity index (χ3v) is 3.56. The van der Waals surface area contributed by atoms with Crippen LogP contribution in [0.25, 0.3) is 0 Å². The highest BCUT2D eigenvalue weighted by Crippen LogP contribution is 2.31. The van der Waals surface area contributed by atoms with Gasteiger partial charge in [0.2, 0.25) is 0 Å². The molecule has 0 heterocycles. The molecule has 0 aliphatic rings. The highest BCUT2D eigenvalue weighted by molar-refractivity contribution is 9.09. The van der Waals surface area contributed by atoms with Gasteiger partial charge in [0, 0.05) is 5.33 Å². The summed E-state index contributed by atoms with van der Waals surface area (Å²) in [5.74, 6) is -0.828. The molecule has 2 N–H and O–H groups in total. The van der Waals surface area contributed by atoms with Crippen LogP contribution in [0, 0.1) is 11.3 Å². The number of nitriles is 1. The number of carbonyl (C=O) groups is 1. The standard InChI is InChI=1S/C12H10BrF3N2O2/c1-11(20,6-13)10(19)18-9-3-2-8(12(14,15)16)4-7(9)5-17/h2-4,20H,6H2,1H3,(H,18,19)/t11-/m0/s1. The van der Waals surface area contributed by atoms with Gasteiger partial charge >= 0.3 is 6.18 Å². The van der Waals surface area contributed by atoms with Gasteiger partial charge < -0.3 is 10.4 Å². The molecular weight excluding hydrogens is 341 g/mol. The first-order chi connectivity index (χ1) is 9.11. The highest BCUT2D eigenvalue weighted by Gasteiger charge is 2.32. The minimum Gasteiger partial charge on any atom is -0.379 e. The lowest BCUT2D eigenvalue weighted by Crippen LogP contribution is -2.41. The fourth-order valence-electron chi connectivity index (χ4n) is 1.24. The van der Waals surface area contributed by atoms with Crippen molar-refractivity contribution in [2.75, 3.05) is 10.6 Å². The van der Waals surface area contributed by atoms with Gasteiger partial charge in [-0.25, -0.2) is 0 Å². The molecule has 0 radical (unpaired) electrons. The third-order valence-electron chi connectivity index (χ3n) is 2.46. The number of rotatable bonds is 3. The monoisotopic (exact) mass is 350 g/mol. The molecule has 0 spiro atoms. The van der Waals surface area contributed by atoms with Crippen LogP contribution in [0.3, 0.4) is 0 Å². The van der Waals surface area contributed by atoms with E-state index in [-0.39, 0.29) is 16.6 Å².